The molecule has 0 atom stereocenters. The first-order chi connectivity index (χ1) is 17.8. The van der Waals surface area contributed by atoms with Crippen LogP contribution in [0.25, 0.3) is 33.2 Å². The second-order valence-corrected chi connectivity index (χ2v) is 8.20. The molecule has 0 saturated carbocycles. The number of hydrogen-bond donors (Lipinski definition) is 1. The number of benzene rings is 3. The number of aromatic carboxylic acids is 1. The van der Waals surface area contributed by atoms with Gasteiger partial charge in [0, 0.05) is 22.6 Å². The highest BCUT2D eigenvalue weighted by Gasteiger charge is 2.28. The van der Waals surface area contributed by atoms with E-state index in [1.165, 1.54) is 37.0 Å². The predicted octanol–water partition coefficient (Wildman–Crippen LogP) is 5.09. The van der Waals surface area contributed by atoms with Crippen molar-refractivity contribution in [3.63, 3.8) is 0 Å². The zero-order valence-electron chi connectivity index (χ0n) is 19.8. The van der Waals surface area contributed by atoms with Gasteiger partial charge in [-0.15, -0.1) is 0 Å². The third-order valence-corrected chi connectivity index (χ3v) is 6.18. The summed E-state index contributed by atoms with van der Waals surface area (Å²) in [6, 6.07) is 17.7. The minimum absolute atomic E-state index is 0.0197. The maximum Gasteiger partial charge on any atom is 0.342 e. The van der Waals surface area contributed by atoms with Crippen LogP contribution < -0.4 is 15.0 Å². The third-order valence-electron chi connectivity index (χ3n) is 6.18. The van der Waals surface area contributed by atoms with Crippen molar-refractivity contribution < 1.29 is 28.7 Å². The Morgan fingerprint density at radius 1 is 1.05 bits per heavy atom. The molecule has 3 aromatic carbocycles. The normalized spacial score (nSPS) is 11.1. The Labute approximate surface area is 209 Å². The van der Waals surface area contributed by atoms with Gasteiger partial charge < -0.3 is 19.0 Å². The summed E-state index contributed by atoms with van der Waals surface area (Å²) in [6.45, 7) is -0.0197. The van der Waals surface area contributed by atoms with Crippen LogP contribution in [0.2, 0.25) is 0 Å². The fourth-order valence-corrected chi connectivity index (χ4v) is 4.47. The fraction of sp³-hybridized carbons (Fsp3) is 0.111. The van der Waals surface area contributed by atoms with Gasteiger partial charge in [-0.3, -0.25) is 19.5 Å². The van der Waals surface area contributed by atoms with E-state index in [0.717, 1.165) is 0 Å². The standard InChI is InChI=1S/C27H20N2O8/c1-35-18-10-7-15(8-11-18)22-23(27(31)32)26(30)28(14-16-5-3-4-6-20(16)36-2)24-19-12-9-17(29(33)34)13-21(19)37-25(22)24/h3-13H,14H2,1-2H3,(H,31,32). The summed E-state index contributed by atoms with van der Waals surface area (Å²) in [5, 5.41) is 22.0. The van der Waals surface area contributed by atoms with E-state index in [1.54, 1.807) is 48.5 Å². The number of methoxy groups -OCH3 is 2. The van der Waals surface area contributed by atoms with E-state index in [0.29, 0.717) is 33.5 Å². The van der Waals surface area contributed by atoms with Crippen LogP contribution in [0.4, 0.5) is 5.69 Å². The van der Waals surface area contributed by atoms with Gasteiger partial charge >= 0.3 is 5.97 Å². The Kier molecular flexibility index (Phi) is 5.84. The molecular formula is C27H20N2O8. The zero-order valence-corrected chi connectivity index (χ0v) is 19.8. The molecule has 37 heavy (non-hydrogen) atoms. The van der Waals surface area contributed by atoms with Crippen LogP contribution in [-0.4, -0.2) is 34.8 Å². The molecule has 0 bridgehead atoms. The van der Waals surface area contributed by atoms with Gasteiger partial charge in [0.1, 0.15) is 22.6 Å². The van der Waals surface area contributed by atoms with E-state index in [1.807, 2.05) is 0 Å². The molecule has 0 unspecified atom stereocenters. The molecule has 0 aliphatic carbocycles. The molecular weight excluding hydrogens is 480 g/mol. The highest BCUT2D eigenvalue weighted by Crippen LogP contribution is 2.39. The molecule has 0 radical (unpaired) electrons. The summed E-state index contributed by atoms with van der Waals surface area (Å²) in [5.41, 5.74) is 0.272. The highest BCUT2D eigenvalue weighted by atomic mass is 16.6. The van der Waals surface area contributed by atoms with Crippen molar-refractivity contribution in [2.24, 2.45) is 0 Å². The van der Waals surface area contributed by atoms with E-state index in [4.69, 9.17) is 13.9 Å². The summed E-state index contributed by atoms with van der Waals surface area (Å²) in [7, 11) is 3.00. The number of rotatable bonds is 7. The number of hydrogen-bond acceptors (Lipinski definition) is 7. The van der Waals surface area contributed by atoms with E-state index < -0.39 is 22.0 Å². The van der Waals surface area contributed by atoms with Crippen molar-refractivity contribution in [3.8, 4) is 22.6 Å². The number of pyridine rings is 1. The quantitative estimate of drug-likeness (QED) is 0.241. The van der Waals surface area contributed by atoms with Crippen LogP contribution in [0.15, 0.2) is 75.9 Å². The Hall–Kier alpha value is -5.12. The van der Waals surface area contributed by atoms with Crippen molar-refractivity contribution in [2.75, 3.05) is 14.2 Å². The maximum absolute atomic E-state index is 13.8. The number of para-hydroxylation sites is 1. The minimum atomic E-state index is -1.43. The van der Waals surface area contributed by atoms with Gasteiger partial charge in [0.25, 0.3) is 11.2 Å². The zero-order chi connectivity index (χ0) is 26.3. The average Bonchev–Trinajstić information content (AvgIpc) is 3.28. The Bertz CT molecular complexity index is 1750. The smallest absolute Gasteiger partial charge is 0.342 e. The lowest BCUT2D eigenvalue weighted by Crippen LogP contribution is -2.28. The average molecular weight is 500 g/mol. The summed E-state index contributed by atoms with van der Waals surface area (Å²) < 4.78 is 18.0. The highest BCUT2D eigenvalue weighted by molar-refractivity contribution is 6.12. The van der Waals surface area contributed by atoms with Crippen molar-refractivity contribution >= 4 is 33.7 Å². The SMILES string of the molecule is COc1ccc(-c2c(C(=O)O)c(=O)n(Cc3ccccc3OC)c3c2oc2cc([N+](=O)[O-])ccc23)cc1. The van der Waals surface area contributed by atoms with E-state index in [9.17, 15) is 24.8 Å². The number of carboxylic acids is 1. The molecule has 0 fully saturated rings. The summed E-state index contributed by atoms with van der Waals surface area (Å²) >= 11 is 0. The largest absolute Gasteiger partial charge is 0.497 e. The molecule has 5 rings (SSSR count). The first-order valence-electron chi connectivity index (χ1n) is 11.1. The molecule has 2 aromatic heterocycles. The van der Waals surface area contributed by atoms with E-state index in [2.05, 4.69) is 0 Å². The number of nitro benzene ring substituents is 1. The molecule has 0 saturated heterocycles. The molecule has 0 amide bonds. The van der Waals surface area contributed by atoms with Crippen LogP contribution in [0.1, 0.15) is 15.9 Å². The van der Waals surface area contributed by atoms with Gasteiger partial charge in [-0.1, -0.05) is 30.3 Å². The van der Waals surface area contributed by atoms with Gasteiger partial charge in [-0.05, 0) is 29.8 Å². The molecule has 10 nitrogen and oxygen atoms in total. The van der Waals surface area contributed by atoms with Crippen molar-refractivity contribution in [2.45, 2.75) is 6.54 Å². The Balaban J connectivity index is 1.92. The Morgan fingerprint density at radius 2 is 1.78 bits per heavy atom. The minimum Gasteiger partial charge on any atom is -0.497 e. The lowest BCUT2D eigenvalue weighted by atomic mass is 9.98. The summed E-state index contributed by atoms with van der Waals surface area (Å²) in [5.74, 6) is -0.373. The van der Waals surface area contributed by atoms with Gasteiger partial charge in [-0.25, -0.2) is 4.79 Å². The lowest BCUT2D eigenvalue weighted by molar-refractivity contribution is -0.384. The molecule has 5 aromatic rings. The molecule has 10 heteroatoms. The second kappa shape index (κ2) is 9.15. The fourth-order valence-electron chi connectivity index (χ4n) is 4.47. The van der Waals surface area contributed by atoms with Gasteiger partial charge in [-0.2, -0.15) is 0 Å². The second-order valence-electron chi connectivity index (χ2n) is 8.20. The molecule has 0 aliphatic heterocycles. The Morgan fingerprint density at radius 3 is 2.43 bits per heavy atom. The molecule has 186 valence electrons. The summed E-state index contributed by atoms with van der Waals surface area (Å²) in [6.07, 6.45) is 0. The van der Waals surface area contributed by atoms with Crippen LogP contribution in [0.5, 0.6) is 11.5 Å². The lowest BCUT2D eigenvalue weighted by Gasteiger charge is -2.15. The molecule has 1 N–H and O–H groups in total. The number of furan rings is 1. The van der Waals surface area contributed by atoms with Gasteiger partial charge in [0.2, 0.25) is 0 Å². The van der Waals surface area contributed by atoms with Crippen molar-refractivity contribution in [3.05, 3.63) is 98.3 Å². The van der Waals surface area contributed by atoms with Gasteiger partial charge in [0.15, 0.2) is 5.58 Å². The van der Waals surface area contributed by atoms with Crippen molar-refractivity contribution in [1.29, 1.82) is 0 Å². The number of non-ortho nitro benzene ring substituents is 1. The topological polar surface area (TPSA) is 134 Å². The number of fused-ring (bicyclic) bond motifs is 3. The van der Waals surface area contributed by atoms with E-state index >= 15 is 0 Å². The number of aromatic nitrogens is 1. The summed E-state index contributed by atoms with van der Waals surface area (Å²) in [4.78, 5) is 37.1. The van der Waals surface area contributed by atoms with Crippen LogP contribution in [0, 0.1) is 10.1 Å². The number of nitro groups is 1. The predicted molar refractivity (Wildman–Crippen MR) is 136 cm³/mol. The number of carbonyl (C=O) groups is 1. The van der Waals surface area contributed by atoms with Crippen LogP contribution >= 0.6 is 0 Å². The number of carboxylic acid groups (broad SMARTS) is 1. The maximum atomic E-state index is 13.8. The number of ether oxygens (including phenoxy) is 2. The molecule has 0 spiro atoms. The van der Waals surface area contributed by atoms with Gasteiger partial charge in [0.05, 0.1) is 37.3 Å². The number of nitrogens with zero attached hydrogens (tertiary/aromatic N) is 2. The van der Waals surface area contributed by atoms with E-state index in [-0.39, 0.29) is 29.0 Å². The first kappa shape index (κ1) is 23.6. The molecule has 2 heterocycles. The third kappa shape index (κ3) is 3.94. The van der Waals surface area contributed by atoms with Crippen molar-refractivity contribution in [1.82, 2.24) is 4.57 Å². The van der Waals surface area contributed by atoms with Crippen LogP contribution in [0.3, 0.4) is 0 Å². The molecule has 0 aliphatic rings. The monoisotopic (exact) mass is 500 g/mol. The van der Waals surface area contributed by atoms with Crippen LogP contribution in [-0.2, 0) is 6.54 Å². The first-order valence-corrected chi connectivity index (χ1v) is 11.1.